The van der Waals surface area contributed by atoms with Crippen molar-refractivity contribution in [1.29, 1.82) is 0 Å². The Morgan fingerprint density at radius 2 is 2.04 bits per heavy atom. The monoisotopic (exact) mass is 312 g/mol. The fourth-order valence-corrected chi connectivity index (χ4v) is 3.85. The molecule has 23 heavy (non-hydrogen) atoms. The molecule has 0 saturated carbocycles. The Morgan fingerprint density at radius 1 is 1.22 bits per heavy atom. The zero-order valence-electron chi connectivity index (χ0n) is 13.7. The predicted molar refractivity (Wildman–Crippen MR) is 90.4 cm³/mol. The molecule has 0 aliphatic carbocycles. The molecule has 4 heteroatoms. The largest absolute Gasteiger partial charge is 0.379 e. The molecule has 0 radical (unpaired) electrons. The number of rotatable bonds is 3. The number of pyridine rings is 1. The standard InChI is InChI=1S/C19H24N2O2/c1-22-17-12-19(23-14-17)8-10-21(11-9-19)13-16-7-6-15-4-2-3-5-18(15)20-16/h2-7,17H,8-14H2,1H3/t17-/m0/s1. The van der Waals surface area contributed by atoms with Gasteiger partial charge >= 0.3 is 0 Å². The van der Waals surface area contributed by atoms with E-state index >= 15 is 0 Å². The van der Waals surface area contributed by atoms with Crippen LogP contribution in [0.5, 0.6) is 0 Å². The molecular formula is C19H24N2O2. The minimum atomic E-state index is 0.0635. The van der Waals surface area contributed by atoms with E-state index in [0.29, 0.717) is 0 Å². The fraction of sp³-hybridized carbons (Fsp3) is 0.526. The third kappa shape index (κ3) is 3.11. The molecule has 1 aromatic carbocycles. The van der Waals surface area contributed by atoms with Crippen molar-refractivity contribution in [2.24, 2.45) is 0 Å². The molecule has 4 rings (SSSR count). The second-order valence-corrected chi connectivity index (χ2v) is 6.83. The molecule has 2 fully saturated rings. The quantitative estimate of drug-likeness (QED) is 0.872. The van der Waals surface area contributed by atoms with Crippen LogP contribution >= 0.6 is 0 Å². The molecule has 0 unspecified atom stereocenters. The van der Waals surface area contributed by atoms with E-state index in [9.17, 15) is 0 Å². The summed E-state index contributed by atoms with van der Waals surface area (Å²) in [4.78, 5) is 7.28. The first-order valence-electron chi connectivity index (χ1n) is 8.50. The first kappa shape index (κ1) is 15.1. The molecule has 2 aromatic rings. The minimum absolute atomic E-state index is 0.0635. The molecule has 0 amide bonds. The highest BCUT2D eigenvalue weighted by atomic mass is 16.6. The smallest absolute Gasteiger partial charge is 0.0832 e. The van der Waals surface area contributed by atoms with E-state index in [4.69, 9.17) is 14.5 Å². The number of hydrogen-bond donors (Lipinski definition) is 0. The number of aromatic nitrogens is 1. The number of ether oxygens (including phenoxy) is 2. The molecule has 4 nitrogen and oxygen atoms in total. The molecule has 3 heterocycles. The summed E-state index contributed by atoms with van der Waals surface area (Å²) < 4.78 is 11.5. The number of hydrogen-bond acceptors (Lipinski definition) is 4. The molecule has 1 spiro atoms. The van der Waals surface area contributed by atoms with Crippen LogP contribution < -0.4 is 0 Å². The van der Waals surface area contributed by atoms with Gasteiger partial charge in [0.2, 0.25) is 0 Å². The van der Waals surface area contributed by atoms with E-state index in [2.05, 4.69) is 35.2 Å². The van der Waals surface area contributed by atoms with Gasteiger partial charge in [0.05, 0.1) is 29.5 Å². The Labute approximate surface area is 137 Å². The van der Waals surface area contributed by atoms with Crippen LogP contribution in [0.25, 0.3) is 10.9 Å². The minimum Gasteiger partial charge on any atom is -0.379 e. The maximum Gasteiger partial charge on any atom is 0.0832 e. The third-order valence-electron chi connectivity index (χ3n) is 5.32. The Bertz CT molecular complexity index is 680. The van der Waals surface area contributed by atoms with Crippen molar-refractivity contribution in [3.63, 3.8) is 0 Å². The molecule has 0 bridgehead atoms. The van der Waals surface area contributed by atoms with Crippen molar-refractivity contribution < 1.29 is 9.47 Å². The molecular weight excluding hydrogens is 288 g/mol. The summed E-state index contributed by atoms with van der Waals surface area (Å²) >= 11 is 0. The molecule has 122 valence electrons. The summed E-state index contributed by atoms with van der Waals surface area (Å²) in [5.41, 5.74) is 2.30. The van der Waals surface area contributed by atoms with Gasteiger partial charge in [-0.15, -0.1) is 0 Å². The number of methoxy groups -OCH3 is 1. The Hall–Kier alpha value is -1.49. The maximum atomic E-state index is 6.07. The van der Waals surface area contributed by atoms with Gasteiger partial charge in [0.25, 0.3) is 0 Å². The zero-order chi connectivity index (χ0) is 15.7. The number of para-hydroxylation sites is 1. The van der Waals surface area contributed by atoms with Gasteiger partial charge in [-0.1, -0.05) is 24.3 Å². The van der Waals surface area contributed by atoms with Gasteiger partial charge in [-0.05, 0) is 25.0 Å². The van der Waals surface area contributed by atoms with Crippen molar-refractivity contribution in [2.45, 2.75) is 37.5 Å². The number of nitrogens with zero attached hydrogens (tertiary/aromatic N) is 2. The lowest BCUT2D eigenvalue weighted by atomic mass is 9.88. The third-order valence-corrected chi connectivity index (χ3v) is 5.32. The molecule has 2 aliphatic rings. The Balaban J connectivity index is 1.39. The van der Waals surface area contributed by atoms with Gasteiger partial charge in [0.15, 0.2) is 0 Å². The average molecular weight is 312 g/mol. The van der Waals surface area contributed by atoms with Gasteiger partial charge < -0.3 is 9.47 Å². The van der Waals surface area contributed by atoms with Gasteiger partial charge in [0.1, 0.15) is 0 Å². The average Bonchev–Trinajstić information content (AvgIpc) is 3.00. The summed E-state index contributed by atoms with van der Waals surface area (Å²) in [5, 5.41) is 1.21. The molecule has 1 aromatic heterocycles. The van der Waals surface area contributed by atoms with Gasteiger partial charge in [-0.3, -0.25) is 9.88 Å². The second-order valence-electron chi connectivity index (χ2n) is 6.83. The highest BCUT2D eigenvalue weighted by Gasteiger charge is 2.42. The number of likely N-dealkylation sites (tertiary alicyclic amines) is 1. The van der Waals surface area contributed by atoms with Crippen molar-refractivity contribution >= 4 is 10.9 Å². The summed E-state index contributed by atoms with van der Waals surface area (Å²) in [6, 6.07) is 12.6. The van der Waals surface area contributed by atoms with E-state index in [1.807, 2.05) is 6.07 Å². The summed E-state index contributed by atoms with van der Waals surface area (Å²) in [6.45, 7) is 3.83. The highest BCUT2D eigenvalue weighted by molar-refractivity contribution is 5.78. The Kier molecular flexibility index (Phi) is 4.05. The SMILES string of the molecule is CO[C@@H]1COC2(CCN(Cc3ccc4ccccc4n3)CC2)C1. The van der Waals surface area contributed by atoms with Crippen LogP contribution in [0, 0.1) is 0 Å². The summed E-state index contributed by atoms with van der Waals surface area (Å²) in [5.74, 6) is 0. The lowest BCUT2D eigenvalue weighted by molar-refractivity contribution is -0.0461. The molecule has 2 saturated heterocycles. The van der Waals surface area contributed by atoms with Gasteiger partial charge in [-0.2, -0.15) is 0 Å². The first-order chi connectivity index (χ1) is 11.3. The van der Waals surface area contributed by atoms with Crippen LogP contribution in [0.2, 0.25) is 0 Å². The van der Waals surface area contributed by atoms with Crippen molar-refractivity contribution in [1.82, 2.24) is 9.88 Å². The molecule has 1 atom stereocenters. The number of piperidine rings is 1. The fourth-order valence-electron chi connectivity index (χ4n) is 3.85. The highest BCUT2D eigenvalue weighted by Crippen LogP contribution is 2.37. The van der Waals surface area contributed by atoms with E-state index in [1.165, 1.54) is 5.39 Å². The maximum absolute atomic E-state index is 6.07. The summed E-state index contributed by atoms with van der Waals surface area (Å²) in [6.07, 6.45) is 3.52. The number of fused-ring (bicyclic) bond motifs is 1. The van der Waals surface area contributed by atoms with E-state index in [1.54, 1.807) is 7.11 Å². The van der Waals surface area contributed by atoms with Crippen LogP contribution in [0.1, 0.15) is 25.0 Å². The normalized spacial score (nSPS) is 24.5. The van der Waals surface area contributed by atoms with E-state index in [0.717, 1.165) is 56.7 Å². The lowest BCUT2D eigenvalue weighted by Gasteiger charge is -2.38. The summed E-state index contributed by atoms with van der Waals surface area (Å²) in [7, 11) is 1.79. The van der Waals surface area contributed by atoms with Crippen molar-refractivity contribution in [3.8, 4) is 0 Å². The van der Waals surface area contributed by atoms with Crippen LogP contribution in [0.3, 0.4) is 0 Å². The van der Waals surface area contributed by atoms with Crippen LogP contribution in [-0.4, -0.2) is 48.4 Å². The van der Waals surface area contributed by atoms with Crippen LogP contribution in [0.15, 0.2) is 36.4 Å². The van der Waals surface area contributed by atoms with E-state index in [-0.39, 0.29) is 11.7 Å². The van der Waals surface area contributed by atoms with Gasteiger partial charge in [-0.25, -0.2) is 0 Å². The predicted octanol–water partition coefficient (Wildman–Crippen LogP) is 3.00. The Morgan fingerprint density at radius 3 is 2.83 bits per heavy atom. The molecule has 2 aliphatic heterocycles. The molecule has 0 N–H and O–H groups in total. The van der Waals surface area contributed by atoms with Crippen LogP contribution in [0.4, 0.5) is 0 Å². The zero-order valence-corrected chi connectivity index (χ0v) is 13.7. The van der Waals surface area contributed by atoms with E-state index < -0.39 is 0 Å². The van der Waals surface area contributed by atoms with Crippen molar-refractivity contribution in [2.75, 3.05) is 26.8 Å². The van der Waals surface area contributed by atoms with Gasteiger partial charge in [0, 0.05) is 38.6 Å². The van der Waals surface area contributed by atoms with Crippen LogP contribution in [-0.2, 0) is 16.0 Å². The number of benzene rings is 1. The first-order valence-corrected chi connectivity index (χ1v) is 8.50. The second kappa shape index (κ2) is 6.19. The lowest BCUT2D eigenvalue weighted by Crippen LogP contribution is -2.44. The topological polar surface area (TPSA) is 34.6 Å². The van der Waals surface area contributed by atoms with Crippen molar-refractivity contribution in [3.05, 3.63) is 42.1 Å².